The van der Waals surface area contributed by atoms with E-state index in [2.05, 4.69) is 50.8 Å². The van der Waals surface area contributed by atoms with E-state index in [1.807, 2.05) is 0 Å². The average Bonchev–Trinajstić information content (AvgIpc) is 2.58. The van der Waals surface area contributed by atoms with Crippen LogP contribution in [-0.2, 0) is 18.6 Å². The van der Waals surface area contributed by atoms with Gasteiger partial charge in [-0.1, -0.05) is 18.2 Å². The number of hydrogen-bond acceptors (Lipinski definition) is 2. The highest BCUT2D eigenvalue weighted by Gasteiger charge is 2.23. The zero-order valence-electron chi connectivity index (χ0n) is 10.7. The van der Waals surface area contributed by atoms with Crippen molar-refractivity contribution in [2.24, 2.45) is 5.73 Å². The van der Waals surface area contributed by atoms with Gasteiger partial charge in [-0.25, -0.2) is 0 Å². The predicted octanol–water partition coefficient (Wildman–Crippen LogP) is 2.60. The van der Waals surface area contributed by atoms with Crippen LogP contribution in [0.4, 0.5) is 0 Å². The third-order valence-corrected chi connectivity index (χ3v) is 3.43. The molecule has 1 aromatic rings. The maximum absolute atomic E-state index is 6.13. The lowest BCUT2D eigenvalue weighted by molar-refractivity contribution is 0.227. The van der Waals surface area contributed by atoms with Gasteiger partial charge in [-0.2, -0.15) is 0 Å². The van der Waals surface area contributed by atoms with Gasteiger partial charge in [0.2, 0.25) is 0 Å². The lowest BCUT2D eigenvalue weighted by atomic mass is 9.93. The minimum absolute atomic E-state index is 0.236. The number of nitrogens with two attached hydrogens (primary N) is 1. The number of fused-ring (bicyclic) bond motifs is 1. The van der Waals surface area contributed by atoms with Gasteiger partial charge in [-0.05, 0) is 44.4 Å². The van der Waals surface area contributed by atoms with E-state index in [9.17, 15) is 0 Å². The molecule has 2 nitrogen and oxygen atoms in total. The Morgan fingerprint density at radius 3 is 2.38 bits per heavy atom. The van der Waals surface area contributed by atoms with E-state index in [-0.39, 0.29) is 5.54 Å². The summed E-state index contributed by atoms with van der Waals surface area (Å²) in [5.41, 5.74) is 10.0. The second-order valence-corrected chi connectivity index (χ2v) is 5.70. The third-order valence-electron chi connectivity index (χ3n) is 3.43. The molecule has 0 saturated carbocycles. The topological polar surface area (TPSA) is 29.3 Å². The highest BCUT2D eigenvalue weighted by molar-refractivity contribution is 5.37. The van der Waals surface area contributed by atoms with Gasteiger partial charge in [0.15, 0.2) is 0 Å². The standard InChI is InChI=1S/C14H22N2/c1-10(2)16-8-11-5-6-13(14(3,4)15)7-12(11)9-16/h5-7,10H,8-9,15H2,1-4H3. The van der Waals surface area contributed by atoms with E-state index >= 15 is 0 Å². The normalized spacial score (nSPS) is 16.9. The van der Waals surface area contributed by atoms with Gasteiger partial charge in [0.05, 0.1) is 0 Å². The van der Waals surface area contributed by atoms with Crippen molar-refractivity contribution < 1.29 is 0 Å². The van der Waals surface area contributed by atoms with Crippen LogP contribution in [0.25, 0.3) is 0 Å². The maximum atomic E-state index is 6.13. The molecule has 0 aliphatic carbocycles. The minimum atomic E-state index is -0.236. The van der Waals surface area contributed by atoms with E-state index in [0.717, 1.165) is 13.1 Å². The molecular formula is C14H22N2. The first-order valence-electron chi connectivity index (χ1n) is 6.03. The van der Waals surface area contributed by atoms with Gasteiger partial charge < -0.3 is 5.73 Å². The van der Waals surface area contributed by atoms with Crippen molar-refractivity contribution in [1.82, 2.24) is 4.90 Å². The summed E-state index contributed by atoms with van der Waals surface area (Å²) >= 11 is 0. The molecule has 0 bridgehead atoms. The number of nitrogens with zero attached hydrogens (tertiary/aromatic N) is 1. The van der Waals surface area contributed by atoms with E-state index < -0.39 is 0 Å². The Hall–Kier alpha value is -0.860. The fourth-order valence-electron chi connectivity index (χ4n) is 2.19. The van der Waals surface area contributed by atoms with Gasteiger partial charge in [0, 0.05) is 24.7 Å². The van der Waals surface area contributed by atoms with Crippen molar-refractivity contribution in [1.29, 1.82) is 0 Å². The van der Waals surface area contributed by atoms with Crippen LogP contribution >= 0.6 is 0 Å². The summed E-state index contributed by atoms with van der Waals surface area (Å²) in [4.78, 5) is 2.48. The highest BCUT2D eigenvalue weighted by atomic mass is 15.2. The number of hydrogen-bond donors (Lipinski definition) is 1. The molecule has 0 atom stereocenters. The second kappa shape index (κ2) is 3.86. The van der Waals surface area contributed by atoms with Crippen molar-refractivity contribution in [3.05, 3.63) is 34.9 Å². The van der Waals surface area contributed by atoms with E-state index in [1.165, 1.54) is 16.7 Å². The van der Waals surface area contributed by atoms with Crippen LogP contribution < -0.4 is 5.73 Å². The average molecular weight is 218 g/mol. The van der Waals surface area contributed by atoms with Crippen molar-refractivity contribution in [2.75, 3.05) is 0 Å². The predicted molar refractivity (Wildman–Crippen MR) is 68.0 cm³/mol. The zero-order chi connectivity index (χ0) is 11.9. The van der Waals surface area contributed by atoms with E-state index in [1.54, 1.807) is 0 Å². The van der Waals surface area contributed by atoms with Gasteiger partial charge in [-0.15, -0.1) is 0 Å². The molecule has 1 aliphatic rings. The molecule has 2 heteroatoms. The minimum Gasteiger partial charge on any atom is -0.322 e. The lowest BCUT2D eigenvalue weighted by Gasteiger charge is -2.20. The molecule has 0 saturated heterocycles. The van der Waals surface area contributed by atoms with Crippen LogP contribution in [0.3, 0.4) is 0 Å². The number of benzene rings is 1. The smallest absolute Gasteiger partial charge is 0.0352 e. The summed E-state index contributed by atoms with van der Waals surface area (Å²) in [7, 11) is 0. The van der Waals surface area contributed by atoms with Crippen molar-refractivity contribution in [2.45, 2.75) is 52.4 Å². The Kier molecular flexibility index (Phi) is 2.81. The van der Waals surface area contributed by atoms with E-state index in [4.69, 9.17) is 5.73 Å². The molecule has 2 N–H and O–H groups in total. The molecule has 1 aliphatic heterocycles. The zero-order valence-corrected chi connectivity index (χ0v) is 10.7. The molecule has 1 aromatic carbocycles. The molecule has 0 unspecified atom stereocenters. The molecule has 0 amide bonds. The summed E-state index contributed by atoms with van der Waals surface area (Å²) in [5, 5.41) is 0. The van der Waals surface area contributed by atoms with Crippen LogP contribution in [0.1, 0.15) is 44.4 Å². The molecule has 88 valence electrons. The van der Waals surface area contributed by atoms with Crippen LogP contribution in [0.15, 0.2) is 18.2 Å². The lowest BCUT2D eigenvalue weighted by Crippen LogP contribution is -2.28. The summed E-state index contributed by atoms with van der Waals surface area (Å²) in [6, 6.07) is 7.30. The summed E-state index contributed by atoms with van der Waals surface area (Å²) in [6.45, 7) is 10.8. The molecule has 0 fully saturated rings. The van der Waals surface area contributed by atoms with Gasteiger partial charge in [0.1, 0.15) is 0 Å². The van der Waals surface area contributed by atoms with Gasteiger partial charge >= 0.3 is 0 Å². The largest absolute Gasteiger partial charge is 0.322 e. The first kappa shape index (κ1) is 11.6. The molecule has 0 aromatic heterocycles. The maximum Gasteiger partial charge on any atom is 0.0352 e. The molecule has 16 heavy (non-hydrogen) atoms. The van der Waals surface area contributed by atoms with Gasteiger partial charge in [-0.3, -0.25) is 4.90 Å². The van der Waals surface area contributed by atoms with Crippen LogP contribution in [0.5, 0.6) is 0 Å². The Bertz CT molecular complexity index is 388. The second-order valence-electron chi connectivity index (χ2n) is 5.70. The number of rotatable bonds is 2. The van der Waals surface area contributed by atoms with Crippen LogP contribution in [0.2, 0.25) is 0 Å². The summed E-state index contributed by atoms with van der Waals surface area (Å²) in [5.74, 6) is 0. The first-order chi connectivity index (χ1) is 7.38. The molecular weight excluding hydrogens is 196 g/mol. The van der Waals surface area contributed by atoms with Crippen molar-refractivity contribution in [3.8, 4) is 0 Å². The fourth-order valence-corrected chi connectivity index (χ4v) is 2.19. The Morgan fingerprint density at radius 2 is 1.81 bits per heavy atom. The summed E-state index contributed by atoms with van der Waals surface area (Å²) < 4.78 is 0. The Balaban J connectivity index is 2.28. The molecule has 1 heterocycles. The van der Waals surface area contributed by atoms with E-state index in [0.29, 0.717) is 6.04 Å². The molecule has 0 radical (unpaired) electrons. The molecule has 0 spiro atoms. The third kappa shape index (κ3) is 2.13. The highest BCUT2D eigenvalue weighted by Crippen LogP contribution is 2.28. The summed E-state index contributed by atoms with van der Waals surface area (Å²) in [6.07, 6.45) is 0. The molecule has 2 rings (SSSR count). The van der Waals surface area contributed by atoms with Crippen LogP contribution in [0, 0.1) is 0 Å². The Labute approximate surface area is 98.4 Å². The van der Waals surface area contributed by atoms with Crippen LogP contribution in [-0.4, -0.2) is 10.9 Å². The SMILES string of the molecule is CC(C)N1Cc2ccc(C(C)(C)N)cc2C1. The first-order valence-corrected chi connectivity index (χ1v) is 6.03. The fraction of sp³-hybridized carbons (Fsp3) is 0.571. The van der Waals surface area contributed by atoms with Gasteiger partial charge in [0.25, 0.3) is 0 Å². The Morgan fingerprint density at radius 1 is 1.19 bits per heavy atom. The van der Waals surface area contributed by atoms with Crippen molar-refractivity contribution in [3.63, 3.8) is 0 Å². The van der Waals surface area contributed by atoms with Crippen molar-refractivity contribution >= 4 is 0 Å². The quantitative estimate of drug-likeness (QED) is 0.826. The monoisotopic (exact) mass is 218 g/mol.